The fraction of sp³-hybridized carbons (Fsp3) is 0.167. The lowest BCUT2D eigenvalue weighted by atomic mass is 10.3. The van der Waals surface area contributed by atoms with Crippen LogP contribution in [0.2, 0.25) is 10.0 Å². The average molecular weight is 424 g/mol. The Labute approximate surface area is 169 Å². The summed E-state index contributed by atoms with van der Waals surface area (Å²) in [6.07, 6.45) is 1.35. The summed E-state index contributed by atoms with van der Waals surface area (Å²) in [5, 5.41) is 7.18. The molecule has 2 heterocycles. The third-order valence-corrected chi connectivity index (χ3v) is 4.54. The molecule has 1 amide bonds. The maximum absolute atomic E-state index is 12.4. The highest BCUT2D eigenvalue weighted by molar-refractivity contribution is 6.42. The van der Waals surface area contributed by atoms with Crippen LogP contribution in [0.25, 0.3) is 0 Å². The predicted molar refractivity (Wildman–Crippen MR) is 102 cm³/mol. The van der Waals surface area contributed by atoms with E-state index >= 15 is 0 Å². The van der Waals surface area contributed by atoms with Crippen molar-refractivity contribution >= 4 is 40.8 Å². The van der Waals surface area contributed by atoms with Gasteiger partial charge in [0.1, 0.15) is 23.1 Å². The number of amides is 1. The molecule has 10 heteroatoms. The van der Waals surface area contributed by atoms with Crippen molar-refractivity contribution in [1.82, 2.24) is 9.78 Å². The zero-order valence-electron chi connectivity index (χ0n) is 14.9. The molecule has 0 aliphatic rings. The van der Waals surface area contributed by atoms with Gasteiger partial charge in [-0.3, -0.25) is 9.48 Å². The number of esters is 1. The van der Waals surface area contributed by atoms with E-state index in [1.54, 1.807) is 31.3 Å². The standard InChI is InChI=1S/C18H15Cl2N3O5/c1-23-16(18(25)26-2)12(8-21-23)22-17(24)14-7-6-10(28-14)9-27-13-5-3-4-11(19)15(13)20/h3-8H,9H2,1-2H3,(H,22,24). The predicted octanol–water partition coefficient (Wildman–Crippen LogP) is 3.94. The van der Waals surface area contributed by atoms with Crippen LogP contribution in [-0.4, -0.2) is 28.8 Å². The Morgan fingerprint density at radius 3 is 2.79 bits per heavy atom. The van der Waals surface area contributed by atoms with Gasteiger partial charge in [-0.1, -0.05) is 29.3 Å². The number of carbonyl (C=O) groups excluding carboxylic acids is 2. The number of aromatic nitrogens is 2. The van der Waals surface area contributed by atoms with Crippen LogP contribution >= 0.6 is 23.2 Å². The number of aryl methyl sites for hydroxylation is 1. The molecule has 3 aromatic rings. The summed E-state index contributed by atoms with van der Waals surface area (Å²) in [5.41, 5.74) is 0.320. The van der Waals surface area contributed by atoms with Gasteiger partial charge in [0.2, 0.25) is 0 Å². The van der Waals surface area contributed by atoms with Crippen molar-refractivity contribution in [2.75, 3.05) is 12.4 Å². The monoisotopic (exact) mass is 423 g/mol. The lowest BCUT2D eigenvalue weighted by molar-refractivity contribution is 0.0589. The lowest BCUT2D eigenvalue weighted by Gasteiger charge is -2.07. The molecule has 8 nitrogen and oxygen atoms in total. The fourth-order valence-corrected chi connectivity index (χ4v) is 2.72. The second-order valence-corrected chi connectivity index (χ2v) is 6.37. The Morgan fingerprint density at radius 1 is 1.25 bits per heavy atom. The molecule has 0 spiro atoms. The summed E-state index contributed by atoms with van der Waals surface area (Å²) in [7, 11) is 2.80. The number of nitrogens with one attached hydrogen (secondary N) is 1. The maximum Gasteiger partial charge on any atom is 0.358 e. The molecule has 0 fully saturated rings. The molecular formula is C18H15Cl2N3O5. The van der Waals surface area contributed by atoms with Crippen LogP contribution in [0.15, 0.2) is 40.9 Å². The first-order valence-corrected chi connectivity index (χ1v) is 8.73. The second-order valence-electron chi connectivity index (χ2n) is 5.58. The summed E-state index contributed by atoms with van der Waals surface area (Å²) in [4.78, 5) is 24.2. The summed E-state index contributed by atoms with van der Waals surface area (Å²) in [5.74, 6) is -0.335. The van der Waals surface area contributed by atoms with Crippen molar-refractivity contribution in [2.45, 2.75) is 6.61 Å². The molecule has 3 rings (SSSR count). The lowest BCUT2D eigenvalue weighted by Crippen LogP contribution is -2.16. The van der Waals surface area contributed by atoms with Crippen molar-refractivity contribution in [3.63, 3.8) is 0 Å². The molecule has 0 bridgehead atoms. The Kier molecular flexibility index (Phi) is 5.91. The summed E-state index contributed by atoms with van der Waals surface area (Å²) >= 11 is 12.0. The highest BCUT2D eigenvalue weighted by Crippen LogP contribution is 2.32. The van der Waals surface area contributed by atoms with E-state index in [0.717, 1.165) is 0 Å². The second kappa shape index (κ2) is 8.37. The average Bonchev–Trinajstić information content (AvgIpc) is 3.29. The summed E-state index contributed by atoms with van der Waals surface area (Å²) in [6.45, 7) is 0.0493. The number of methoxy groups -OCH3 is 1. The summed E-state index contributed by atoms with van der Waals surface area (Å²) in [6, 6.07) is 8.10. The maximum atomic E-state index is 12.4. The quantitative estimate of drug-likeness (QED) is 0.603. The Balaban J connectivity index is 1.68. The molecule has 0 atom stereocenters. The fourth-order valence-electron chi connectivity index (χ4n) is 2.37. The Morgan fingerprint density at radius 2 is 2.04 bits per heavy atom. The Bertz CT molecular complexity index is 1030. The topological polar surface area (TPSA) is 95.6 Å². The molecule has 0 saturated heterocycles. The van der Waals surface area contributed by atoms with Crippen molar-refractivity contribution in [2.24, 2.45) is 7.05 Å². The van der Waals surface area contributed by atoms with E-state index in [1.807, 2.05) is 0 Å². The number of furan rings is 1. The number of carbonyl (C=O) groups is 2. The van der Waals surface area contributed by atoms with Gasteiger partial charge >= 0.3 is 5.97 Å². The molecule has 1 N–H and O–H groups in total. The minimum absolute atomic E-state index is 0.0375. The van der Waals surface area contributed by atoms with Gasteiger partial charge < -0.3 is 19.2 Å². The van der Waals surface area contributed by atoms with E-state index in [1.165, 1.54) is 24.1 Å². The molecular weight excluding hydrogens is 409 g/mol. The number of ether oxygens (including phenoxy) is 2. The van der Waals surface area contributed by atoms with Gasteiger partial charge in [0, 0.05) is 7.05 Å². The number of nitrogens with zero attached hydrogens (tertiary/aromatic N) is 2. The van der Waals surface area contributed by atoms with E-state index in [4.69, 9.17) is 32.4 Å². The largest absolute Gasteiger partial charge is 0.484 e. The first-order valence-electron chi connectivity index (χ1n) is 7.98. The minimum atomic E-state index is -0.623. The zero-order valence-corrected chi connectivity index (χ0v) is 16.4. The van der Waals surface area contributed by atoms with Crippen molar-refractivity contribution in [3.05, 3.63) is 63.8 Å². The highest BCUT2D eigenvalue weighted by Gasteiger charge is 2.21. The highest BCUT2D eigenvalue weighted by atomic mass is 35.5. The number of rotatable bonds is 6. The van der Waals surface area contributed by atoms with Gasteiger partial charge in [0.05, 0.1) is 24.0 Å². The normalized spacial score (nSPS) is 10.6. The molecule has 0 unspecified atom stereocenters. The number of anilines is 1. The van der Waals surface area contributed by atoms with E-state index in [9.17, 15) is 9.59 Å². The van der Waals surface area contributed by atoms with Crippen LogP contribution < -0.4 is 10.1 Å². The van der Waals surface area contributed by atoms with Crippen molar-refractivity contribution in [1.29, 1.82) is 0 Å². The van der Waals surface area contributed by atoms with Gasteiger partial charge in [-0.25, -0.2) is 4.79 Å². The van der Waals surface area contributed by atoms with Crippen LogP contribution in [0.3, 0.4) is 0 Å². The third kappa shape index (κ3) is 4.13. The molecule has 1 aromatic carbocycles. The smallest absolute Gasteiger partial charge is 0.358 e. The van der Waals surface area contributed by atoms with Crippen LogP contribution in [0.4, 0.5) is 5.69 Å². The van der Waals surface area contributed by atoms with Gasteiger partial charge in [-0.05, 0) is 24.3 Å². The first-order chi connectivity index (χ1) is 13.4. The molecule has 0 aliphatic carbocycles. The molecule has 146 valence electrons. The van der Waals surface area contributed by atoms with Crippen LogP contribution in [0.5, 0.6) is 5.75 Å². The molecule has 0 radical (unpaired) electrons. The molecule has 0 aliphatic heterocycles. The zero-order chi connectivity index (χ0) is 20.3. The van der Waals surface area contributed by atoms with E-state index in [0.29, 0.717) is 21.6 Å². The number of hydrogen-bond donors (Lipinski definition) is 1. The van der Waals surface area contributed by atoms with Crippen molar-refractivity contribution < 1.29 is 23.5 Å². The van der Waals surface area contributed by atoms with Crippen molar-refractivity contribution in [3.8, 4) is 5.75 Å². The van der Waals surface area contributed by atoms with Gasteiger partial charge in [-0.15, -0.1) is 0 Å². The third-order valence-electron chi connectivity index (χ3n) is 3.74. The number of benzene rings is 1. The minimum Gasteiger partial charge on any atom is -0.484 e. The number of halogens is 2. The van der Waals surface area contributed by atoms with Gasteiger partial charge in [0.15, 0.2) is 11.5 Å². The van der Waals surface area contributed by atoms with E-state index in [2.05, 4.69) is 15.2 Å². The Hall–Kier alpha value is -2.97. The van der Waals surface area contributed by atoms with Crippen LogP contribution in [0.1, 0.15) is 26.8 Å². The summed E-state index contributed by atoms with van der Waals surface area (Å²) < 4.78 is 17.0. The van der Waals surface area contributed by atoms with Crippen LogP contribution in [0, 0.1) is 0 Å². The first kappa shape index (κ1) is 19.8. The van der Waals surface area contributed by atoms with Gasteiger partial charge in [-0.2, -0.15) is 5.10 Å². The molecule has 0 saturated carbocycles. The molecule has 2 aromatic heterocycles. The molecule has 28 heavy (non-hydrogen) atoms. The SMILES string of the molecule is COC(=O)c1c(NC(=O)c2ccc(COc3cccc(Cl)c3Cl)o2)cnn1C. The van der Waals surface area contributed by atoms with E-state index < -0.39 is 11.9 Å². The van der Waals surface area contributed by atoms with Crippen LogP contribution in [-0.2, 0) is 18.4 Å². The van der Waals surface area contributed by atoms with E-state index in [-0.39, 0.29) is 23.7 Å². The number of hydrogen-bond acceptors (Lipinski definition) is 6. The van der Waals surface area contributed by atoms with Gasteiger partial charge in [0.25, 0.3) is 5.91 Å².